The lowest BCUT2D eigenvalue weighted by molar-refractivity contribution is -0.384. The van der Waals surface area contributed by atoms with Gasteiger partial charge in [0.05, 0.1) is 10.8 Å². The summed E-state index contributed by atoms with van der Waals surface area (Å²) in [6, 6.07) is 19.1. The number of carbonyl (C=O) groups is 2. The Bertz CT molecular complexity index is 1410. The van der Waals surface area contributed by atoms with Crippen molar-refractivity contribution in [3.63, 3.8) is 0 Å². The summed E-state index contributed by atoms with van der Waals surface area (Å²) < 4.78 is 0. The molecule has 0 saturated carbocycles. The van der Waals surface area contributed by atoms with Gasteiger partial charge in [0.1, 0.15) is 5.54 Å². The van der Waals surface area contributed by atoms with Crippen molar-refractivity contribution >= 4 is 34.7 Å². The first kappa shape index (κ1) is 22.9. The molecule has 182 valence electrons. The molecule has 8 heteroatoms. The van der Waals surface area contributed by atoms with E-state index in [4.69, 9.17) is 11.6 Å². The lowest BCUT2D eigenvalue weighted by atomic mass is 9.68. The second-order valence-corrected chi connectivity index (χ2v) is 10.3. The van der Waals surface area contributed by atoms with Crippen LogP contribution in [0.4, 0.5) is 11.4 Å². The van der Waals surface area contributed by atoms with Gasteiger partial charge in [-0.25, -0.2) is 0 Å². The SMILES string of the molecule is Cc1ccc(C(=O)C2C(c3ccc([N+](=O)[O-])cc3)C3CCCN3[C@@]23C(=O)Nc2ccc(Cl)cc23)cc1. The van der Waals surface area contributed by atoms with Gasteiger partial charge >= 0.3 is 0 Å². The van der Waals surface area contributed by atoms with E-state index in [-0.39, 0.29) is 29.3 Å². The van der Waals surface area contributed by atoms with E-state index >= 15 is 0 Å². The minimum atomic E-state index is -1.21. The fourth-order valence-corrected chi connectivity index (χ4v) is 6.79. The Morgan fingerprint density at radius 1 is 1.11 bits per heavy atom. The first-order valence-corrected chi connectivity index (χ1v) is 12.4. The highest BCUT2D eigenvalue weighted by Crippen LogP contribution is 2.61. The molecule has 3 unspecified atom stereocenters. The number of nitro groups is 1. The molecule has 1 N–H and O–H groups in total. The summed E-state index contributed by atoms with van der Waals surface area (Å²) >= 11 is 6.43. The third kappa shape index (κ3) is 3.16. The van der Waals surface area contributed by atoms with Crippen LogP contribution in [0.25, 0.3) is 0 Å². The minimum Gasteiger partial charge on any atom is -0.324 e. The number of hydrogen-bond donors (Lipinski definition) is 1. The molecule has 0 aliphatic carbocycles. The molecule has 0 bridgehead atoms. The Hall–Kier alpha value is -3.55. The van der Waals surface area contributed by atoms with Gasteiger partial charge in [-0.05, 0) is 50.1 Å². The van der Waals surface area contributed by atoms with E-state index in [0.717, 1.165) is 29.5 Å². The molecule has 3 aromatic carbocycles. The maximum absolute atomic E-state index is 14.4. The highest BCUT2D eigenvalue weighted by molar-refractivity contribution is 6.31. The summed E-state index contributed by atoms with van der Waals surface area (Å²) in [7, 11) is 0. The zero-order valence-corrected chi connectivity index (χ0v) is 20.4. The fraction of sp³-hybridized carbons (Fsp3) is 0.286. The number of non-ortho nitro benzene ring substituents is 1. The highest BCUT2D eigenvalue weighted by Gasteiger charge is 2.69. The Labute approximate surface area is 213 Å². The van der Waals surface area contributed by atoms with Crippen LogP contribution in [-0.4, -0.2) is 34.1 Å². The molecule has 3 aliphatic heterocycles. The monoisotopic (exact) mass is 501 g/mol. The molecular weight excluding hydrogens is 478 g/mol. The van der Waals surface area contributed by atoms with Gasteiger partial charge in [0, 0.05) is 45.9 Å². The van der Waals surface area contributed by atoms with Gasteiger partial charge in [0.15, 0.2) is 5.78 Å². The number of rotatable bonds is 4. The van der Waals surface area contributed by atoms with Gasteiger partial charge in [-0.15, -0.1) is 0 Å². The first-order valence-electron chi connectivity index (χ1n) is 12.1. The molecule has 4 atom stereocenters. The third-order valence-electron chi connectivity index (χ3n) is 8.07. The number of carbonyl (C=O) groups excluding carboxylic acids is 2. The smallest absolute Gasteiger partial charge is 0.269 e. The molecule has 2 fully saturated rings. The quantitative estimate of drug-likeness (QED) is 0.291. The summed E-state index contributed by atoms with van der Waals surface area (Å²) in [5, 5.41) is 14.8. The van der Waals surface area contributed by atoms with Crippen LogP contribution in [0.2, 0.25) is 5.02 Å². The van der Waals surface area contributed by atoms with Crippen LogP contribution in [0, 0.1) is 23.0 Å². The van der Waals surface area contributed by atoms with Crippen LogP contribution >= 0.6 is 11.6 Å². The predicted octanol–water partition coefficient (Wildman–Crippen LogP) is 5.46. The number of fused-ring (bicyclic) bond motifs is 4. The molecule has 1 amide bonds. The van der Waals surface area contributed by atoms with Crippen LogP contribution in [0.5, 0.6) is 0 Å². The zero-order valence-electron chi connectivity index (χ0n) is 19.6. The minimum absolute atomic E-state index is 0.00751. The van der Waals surface area contributed by atoms with Crippen molar-refractivity contribution in [1.29, 1.82) is 0 Å². The topological polar surface area (TPSA) is 92.5 Å². The van der Waals surface area contributed by atoms with Gasteiger partial charge in [0.2, 0.25) is 5.91 Å². The average Bonchev–Trinajstić information content (AvgIpc) is 3.52. The number of hydrogen-bond acceptors (Lipinski definition) is 5. The second-order valence-electron chi connectivity index (χ2n) is 9.90. The molecular formula is C28H24ClN3O4. The summed E-state index contributed by atoms with van der Waals surface area (Å²) in [5.41, 5.74) is 2.57. The number of nitrogens with zero attached hydrogens (tertiary/aromatic N) is 2. The predicted molar refractivity (Wildman–Crippen MR) is 136 cm³/mol. The Balaban J connectivity index is 1.59. The molecule has 3 aromatic rings. The lowest BCUT2D eigenvalue weighted by Gasteiger charge is -2.37. The molecule has 0 aromatic heterocycles. The van der Waals surface area contributed by atoms with Crippen molar-refractivity contribution < 1.29 is 14.5 Å². The third-order valence-corrected chi connectivity index (χ3v) is 8.31. The first-order chi connectivity index (χ1) is 17.3. The number of anilines is 1. The van der Waals surface area contributed by atoms with Crippen molar-refractivity contribution in [2.75, 3.05) is 11.9 Å². The van der Waals surface area contributed by atoms with Crippen LogP contribution in [-0.2, 0) is 10.3 Å². The molecule has 1 spiro atoms. The van der Waals surface area contributed by atoms with Crippen LogP contribution in [0.3, 0.4) is 0 Å². The van der Waals surface area contributed by atoms with Crippen molar-refractivity contribution in [3.05, 3.63) is 104 Å². The number of benzene rings is 3. The lowest BCUT2D eigenvalue weighted by Crippen LogP contribution is -2.52. The summed E-state index contributed by atoms with van der Waals surface area (Å²) in [5.74, 6) is -1.39. The van der Waals surface area contributed by atoms with Crippen LogP contribution in [0.1, 0.15) is 45.8 Å². The summed E-state index contributed by atoms with van der Waals surface area (Å²) in [6.45, 7) is 2.63. The number of Topliss-reactive ketones (excluding diaryl/α,β-unsaturated/α-hetero) is 1. The van der Waals surface area contributed by atoms with Crippen LogP contribution < -0.4 is 5.32 Å². The molecule has 3 aliphatic rings. The largest absolute Gasteiger partial charge is 0.324 e. The molecule has 7 nitrogen and oxygen atoms in total. The van der Waals surface area contributed by atoms with Crippen LogP contribution in [0.15, 0.2) is 66.7 Å². The van der Waals surface area contributed by atoms with Crippen molar-refractivity contribution in [3.8, 4) is 0 Å². The number of nitro benzene ring substituents is 1. The number of halogens is 1. The van der Waals surface area contributed by atoms with Gasteiger partial charge in [0.25, 0.3) is 5.69 Å². The highest BCUT2D eigenvalue weighted by atomic mass is 35.5. The van der Waals surface area contributed by atoms with Crippen molar-refractivity contribution in [2.45, 2.75) is 37.3 Å². The Kier molecular flexibility index (Phi) is 5.24. The maximum atomic E-state index is 14.4. The summed E-state index contributed by atoms with van der Waals surface area (Å²) in [4.78, 5) is 41.4. The number of nitrogens with one attached hydrogen (secondary N) is 1. The van der Waals surface area contributed by atoms with E-state index in [1.165, 1.54) is 12.1 Å². The normalized spacial score (nSPS) is 26.6. The zero-order chi connectivity index (χ0) is 25.2. The van der Waals surface area contributed by atoms with Gasteiger partial charge in [-0.1, -0.05) is 53.6 Å². The van der Waals surface area contributed by atoms with E-state index in [0.29, 0.717) is 22.8 Å². The van der Waals surface area contributed by atoms with E-state index in [9.17, 15) is 19.7 Å². The van der Waals surface area contributed by atoms with E-state index < -0.39 is 16.4 Å². The summed E-state index contributed by atoms with van der Waals surface area (Å²) in [6.07, 6.45) is 1.72. The standard InChI is InChI=1S/C28H24ClN3O4/c1-16-4-6-18(7-5-16)26(33)25-24(17-8-11-20(12-9-17)32(35)36)23-3-2-14-31(23)28(25)21-15-19(29)10-13-22(21)30-27(28)34/h4-13,15,23-25H,2-3,14H2,1H3,(H,30,34)/t23?,24?,25?,28-/m1/s1. The number of ketones is 1. The molecule has 2 saturated heterocycles. The van der Waals surface area contributed by atoms with E-state index in [2.05, 4.69) is 10.2 Å². The maximum Gasteiger partial charge on any atom is 0.269 e. The van der Waals surface area contributed by atoms with Gasteiger partial charge < -0.3 is 5.32 Å². The Morgan fingerprint density at radius 2 is 1.83 bits per heavy atom. The molecule has 3 heterocycles. The number of amides is 1. The van der Waals surface area contributed by atoms with Crippen molar-refractivity contribution in [1.82, 2.24) is 4.90 Å². The molecule has 6 rings (SSSR count). The van der Waals surface area contributed by atoms with Gasteiger partial charge in [-0.2, -0.15) is 0 Å². The number of aryl methyl sites for hydroxylation is 1. The van der Waals surface area contributed by atoms with E-state index in [1.54, 1.807) is 30.3 Å². The fourth-order valence-electron chi connectivity index (χ4n) is 6.62. The average molecular weight is 502 g/mol. The molecule has 36 heavy (non-hydrogen) atoms. The Morgan fingerprint density at radius 3 is 2.53 bits per heavy atom. The van der Waals surface area contributed by atoms with Crippen molar-refractivity contribution in [2.24, 2.45) is 5.92 Å². The van der Waals surface area contributed by atoms with E-state index in [1.807, 2.05) is 31.2 Å². The van der Waals surface area contributed by atoms with Gasteiger partial charge in [-0.3, -0.25) is 24.6 Å². The second kappa shape index (κ2) is 8.25. The molecule has 0 radical (unpaired) electrons.